The quantitative estimate of drug-likeness (QED) is 0.214. The second-order valence-electron chi connectivity index (χ2n) is 10.6. The van der Waals surface area contributed by atoms with Gasteiger partial charge in [-0.15, -0.1) is 0 Å². The molecule has 0 aromatic heterocycles. The zero-order valence-corrected chi connectivity index (χ0v) is 22.8. The Hall–Kier alpha value is -5.54. The molecular weight excluding hydrogens is 514 g/mol. The van der Waals surface area contributed by atoms with Gasteiger partial charge in [-0.3, -0.25) is 9.59 Å². The summed E-state index contributed by atoms with van der Waals surface area (Å²) in [5.74, 6) is 0. The molecule has 1 heterocycles. The lowest BCUT2D eigenvalue weighted by Gasteiger charge is -2.43. The Balaban J connectivity index is 1.53. The predicted octanol–water partition coefficient (Wildman–Crippen LogP) is 9.09. The second kappa shape index (κ2) is 10.5. The molecule has 1 N–H and O–H groups in total. The molecule has 0 radical (unpaired) electrons. The number of fused-ring (bicyclic) bond motifs is 2. The highest BCUT2D eigenvalue weighted by atomic mass is 16.1. The van der Waals surface area contributed by atoms with Crippen molar-refractivity contribution in [2.24, 2.45) is 0 Å². The van der Waals surface area contributed by atoms with Gasteiger partial charge in [0.2, 0.25) is 0 Å². The Bertz CT molecular complexity index is 1770. The zero-order chi connectivity index (χ0) is 28.5. The van der Waals surface area contributed by atoms with Gasteiger partial charge in [0.1, 0.15) is 12.6 Å². The molecule has 0 atom stereocenters. The average molecular weight is 542 g/mol. The largest absolute Gasteiger partial charge is 0.355 e. The van der Waals surface area contributed by atoms with E-state index in [2.05, 4.69) is 102 Å². The molecule has 0 spiro atoms. The minimum atomic E-state index is -0.615. The average Bonchev–Trinajstić information content (AvgIpc) is 3.07. The Morgan fingerprint density at radius 3 is 1.19 bits per heavy atom. The number of benzene rings is 6. The minimum absolute atomic E-state index is 0.615. The Morgan fingerprint density at radius 2 is 0.810 bits per heavy atom. The molecule has 0 saturated heterocycles. The van der Waals surface area contributed by atoms with Crippen molar-refractivity contribution in [3.63, 3.8) is 0 Å². The van der Waals surface area contributed by atoms with E-state index in [0.29, 0.717) is 11.1 Å². The van der Waals surface area contributed by atoms with Gasteiger partial charge in [-0.2, -0.15) is 0 Å². The number of hydrogen-bond donors (Lipinski definition) is 1. The van der Waals surface area contributed by atoms with Crippen LogP contribution in [-0.2, 0) is 5.41 Å². The van der Waals surface area contributed by atoms with Crippen molar-refractivity contribution in [2.75, 3.05) is 5.32 Å². The Kier molecular flexibility index (Phi) is 6.33. The second-order valence-corrected chi connectivity index (χ2v) is 10.6. The summed E-state index contributed by atoms with van der Waals surface area (Å²) in [4.78, 5) is 22.6. The summed E-state index contributed by atoms with van der Waals surface area (Å²) >= 11 is 0. The van der Waals surface area contributed by atoms with E-state index < -0.39 is 5.41 Å². The van der Waals surface area contributed by atoms with Crippen LogP contribution in [0.5, 0.6) is 0 Å². The molecule has 0 amide bonds. The van der Waals surface area contributed by atoms with Crippen molar-refractivity contribution < 1.29 is 9.59 Å². The van der Waals surface area contributed by atoms with E-state index in [0.717, 1.165) is 57.3 Å². The summed E-state index contributed by atoms with van der Waals surface area (Å²) in [7, 11) is 0. The van der Waals surface area contributed by atoms with Crippen molar-refractivity contribution in [3.8, 4) is 22.3 Å². The lowest BCUT2D eigenvalue weighted by atomic mass is 9.62. The predicted molar refractivity (Wildman–Crippen MR) is 170 cm³/mol. The first-order valence-electron chi connectivity index (χ1n) is 14.0. The maximum Gasteiger partial charge on any atom is 0.150 e. The lowest BCUT2D eigenvalue weighted by Crippen LogP contribution is -2.35. The zero-order valence-electron chi connectivity index (χ0n) is 22.8. The van der Waals surface area contributed by atoms with E-state index in [1.54, 1.807) is 0 Å². The maximum absolute atomic E-state index is 11.3. The molecule has 7 rings (SSSR count). The molecular formula is C39H27NO2. The van der Waals surface area contributed by atoms with Crippen LogP contribution in [0.1, 0.15) is 43.0 Å². The highest BCUT2D eigenvalue weighted by Gasteiger charge is 2.44. The first-order valence-corrected chi connectivity index (χ1v) is 14.0. The number of anilines is 2. The topological polar surface area (TPSA) is 46.2 Å². The first-order chi connectivity index (χ1) is 20.7. The Labute approximate surface area is 245 Å². The number of hydrogen-bond acceptors (Lipinski definition) is 3. The van der Waals surface area contributed by atoms with Gasteiger partial charge in [0.15, 0.2) is 0 Å². The third-order valence-electron chi connectivity index (χ3n) is 8.29. The van der Waals surface area contributed by atoms with E-state index in [-0.39, 0.29) is 0 Å². The fraction of sp³-hybridized carbons (Fsp3) is 0.0256. The van der Waals surface area contributed by atoms with Gasteiger partial charge in [-0.05, 0) is 68.8 Å². The molecule has 6 aromatic rings. The van der Waals surface area contributed by atoms with E-state index in [4.69, 9.17) is 0 Å². The lowest BCUT2D eigenvalue weighted by molar-refractivity contribution is 0.111. The SMILES string of the molecule is O=Cc1ccc(-c2ccc3c(c2)C(c2ccccc2)(c2ccccc2)c2cc(-c4ccc(C=O)cc4)ccc2N3)cc1. The summed E-state index contributed by atoms with van der Waals surface area (Å²) < 4.78 is 0. The van der Waals surface area contributed by atoms with Crippen molar-refractivity contribution in [3.05, 3.63) is 179 Å². The van der Waals surface area contributed by atoms with Gasteiger partial charge in [0, 0.05) is 22.5 Å². The van der Waals surface area contributed by atoms with Crippen LogP contribution in [0.15, 0.2) is 146 Å². The van der Waals surface area contributed by atoms with Gasteiger partial charge >= 0.3 is 0 Å². The van der Waals surface area contributed by atoms with Crippen LogP contribution in [0.25, 0.3) is 22.3 Å². The number of aldehydes is 2. The van der Waals surface area contributed by atoms with Crippen molar-refractivity contribution in [1.82, 2.24) is 0 Å². The van der Waals surface area contributed by atoms with E-state index in [9.17, 15) is 9.59 Å². The number of rotatable bonds is 6. The molecule has 3 nitrogen and oxygen atoms in total. The summed E-state index contributed by atoms with van der Waals surface area (Å²) in [5.41, 5.74) is 11.7. The summed E-state index contributed by atoms with van der Waals surface area (Å²) in [6.07, 6.45) is 1.74. The van der Waals surface area contributed by atoms with Crippen LogP contribution in [0.4, 0.5) is 11.4 Å². The molecule has 200 valence electrons. The fourth-order valence-corrected chi connectivity index (χ4v) is 6.25. The van der Waals surface area contributed by atoms with Gasteiger partial charge in [0.25, 0.3) is 0 Å². The molecule has 3 heteroatoms. The fourth-order valence-electron chi connectivity index (χ4n) is 6.25. The van der Waals surface area contributed by atoms with E-state index >= 15 is 0 Å². The van der Waals surface area contributed by atoms with Gasteiger partial charge in [-0.25, -0.2) is 0 Å². The molecule has 1 aliphatic heterocycles. The molecule has 6 aromatic carbocycles. The third-order valence-corrected chi connectivity index (χ3v) is 8.29. The highest BCUT2D eigenvalue weighted by Crippen LogP contribution is 2.54. The molecule has 0 fully saturated rings. The summed E-state index contributed by atoms with van der Waals surface area (Å²) in [5, 5.41) is 3.74. The monoisotopic (exact) mass is 541 g/mol. The maximum atomic E-state index is 11.3. The molecule has 0 unspecified atom stereocenters. The summed E-state index contributed by atoms with van der Waals surface area (Å²) in [6.45, 7) is 0. The first kappa shape index (κ1) is 25.4. The van der Waals surface area contributed by atoms with Crippen LogP contribution < -0.4 is 5.32 Å². The van der Waals surface area contributed by atoms with Gasteiger partial charge in [-0.1, -0.05) is 121 Å². The number of carbonyl (C=O) groups is 2. The number of carbonyl (C=O) groups excluding carboxylic acids is 2. The van der Waals surface area contributed by atoms with Crippen LogP contribution in [-0.4, -0.2) is 12.6 Å². The molecule has 42 heavy (non-hydrogen) atoms. The molecule has 0 saturated carbocycles. The van der Waals surface area contributed by atoms with Crippen LogP contribution in [0, 0.1) is 0 Å². The summed E-state index contributed by atoms with van der Waals surface area (Å²) in [6, 6.07) is 50.0. The molecule has 1 aliphatic rings. The Morgan fingerprint density at radius 1 is 0.429 bits per heavy atom. The smallest absolute Gasteiger partial charge is 0.150 e. The van der Waals surface area contributed by atoms with Crippen LogP contribution in [0.3, 0.4) is 0 Å². The normalized spacial score (nSPS) is 12.9. The standard InChI is InChI=1S/C39H27NO2/c41-25-27-11-15-29(16-12-27)31-19-21-37-35(23-31)39(33-7-3-1-4-8-33,34-9-5-2-6-10-34)36-24-32(20-22-38(36)40-37)30-17-13-28(26-42)14-18-30/h1-26,40H. The van der Waals surface area contributed by atoms with E-state index in [1.807, 2.05) is 48.5 Å². The molecule has 0 bridgehead atoms. The van der Waals surface area contributed by atoms with Gasteiger partial charge < -0.3 is 5.32 Å². The van der Waals surface area contributed by atoms with E-state index in [1.165, 1.54) is 11.1 Å². The van der Waals surface area contributed by atoms with Crippen LogP contribution in [0.2, 0.25) is 0 Å². The van der Waals surface area contributed by atoms with Crippen molar-refractivity contribution in [1.29, 1.82) is 0 Å². The molecule has 0 aliphatic carbocycles. The van der Waals surface area contributed by atoms with Crippen molar-refractivity contribution in [2.45, 2.75) is 5.41 Å². The van der Waals surface area contributed by atoms with Crippen LogP contribution >= 0.6 is 0 Å². The number of nitrogens with one attached hydrogen (secondary N) is 1. The third kappa shape index (κ3) is 4.15. The minimum Gasteiger partial charge on any atom is -0.355 e. The van der Waals surface area contributed by atoms with Crippen molar-refractivity contribution >= 4 is 23.9 Å². The van der Waals surface area contributed by atoms with Gasteiger partial charge in [0.05, 0.1) is 5.41 Å². The highest BCUT2D eigenvalue weighted by molar-refractivity contribution is 5.87.